The zero-order valence-corrected chi connectivity index (χ0v) is 17.7. The minimum Gasteiger partial charge on any atom is -0.467 e. The number of amides is 2. The molecule has 7 nitrogen and oxygen atoms in total. The highest BCUT2D eigenvalue weighted by Crippen LogP contribution is 2.33. The van der Waals surface area contributed by atoms with Gasteiger partial charge in [-0.15, -0.1) is 11.3 Å². The van der Waals surface area contributed by atoms with Crippen LogP contribution in [-0.2, 0) is 9.53 Å². The van der Waals surface area contributed by atoms with Crippen molar-refractivity contribution in [1.82, 2.24) is 15.6 Å². The molecule has 0 spiro atoms. The molecule has 3 aromatic rings. The fourth-order valence-corrected chi connectivity index (χ4v) is 4.85. The normalized spacial score (nSPS) is 16.2. The summed E-state index contributed by atoms with van der Waals surface area (Å²) in [5, 5.41) is 7.48. The lowest BCUT2D eigenvalue weighted by Gasteiger charge is -2.27. The van der Waals surface area contributed by atoms with E-state index in [1.807, 2.05) is 35.7 Å². The lowest BCUT2D eigenvalue weighted by atomic mass is 10.0. The molecule has 0 saturated heterocycles. The number of hydrogen-bond acceptors (Lipinski definition) is 7. The van der Waals surface area contributed by atoms with Crippen molar-refractivity contribution in [1.29, 1.82) is 0 Å². The van der Waals surface area contributed by atoms with Crippen LogP contribution in [0.25, 0.3) is 11.3 Å². The molecule has 2 N–H and O–H groups in total. The van der Waals surface area contributed by atoms with E-state index in [0.717, 1.165) is 15.6 Å². The van der Waals surface area contributed by atoms with Crippen molar-refractivity contribution < 1.29 is 18.7 Å². The van der Waals surface area contributed by atoms with Crippen molar-refractivity contribution in [3.8, 4) is 11.3 Å². The number of urea groups is 1. The number of hydrogen-bond donors (Lipinski definition) is 2. The van der Waals surface area contributed by atoms with Gasteiger partial charge in [0.15, 0.2) is 4.34 Å². The van der Waals surface area contributed by atoms with E-state index in [1.165, 1.54) is 29.4 Å². The van der Waals surface area contributed by atoms with Gasteiger partial charge in [0.1, 0.15) is 11.8 Å². The number of nitrogens with one attached hydrogen (secondary N) is 2. The number of rotatable bonds is 7. The number of nitrogens with zero attached hydrogens (tertiary/aromatic N) is 1. The van der Waals surface area contributed by atoms with Crippen molar-refractivity contribution in [2.24, 2.45) is 0 Å². The third-order valence-electron chi connectivity index (χ3n) is 4.37. The largest absolute Gasteiger partial charge is 0.467 e. The van der Waals surface area contributed by atoms with E-state index in [4.69, 9.17) is 9.15 Å². The highest BCUT2D eigenvalue weighted by atomic mass is 32.2. The van der Waals surface area contributed by atoms with E-state index in [-0.39, 0.29) is 6.61 Å². The second kappa shape index (κ2) is 9.19. The van der Waals surface area contributed by atoms with Crippen LogP contribution in [0.4, 0.5) is 4.79 Å². The molecule has 30 heavy (non-hydrogen) atoms. The highest BCUT2D eigenvalue weighted by Gasteiger charge is 2.35. The summed E-state index contributed by atoms with van der Waals surface area (Å²) in [7, 11) is 0. The van der Waals surface area contributed by atoms with Gasteiger partial charge < -0.3 is 19.8 Å². The zero-order valence-electron chi connectivity index (χ0n) is 16.1. The molecule has 1 unspecified atom stereocenters. The number of carbonyl (C=O) groups is 2. The van der Waals surface area contributed by atoms with Crippen molar-refractivity contribution in [3.05, 3.63) is 71.1 Å². The summed E-state index contributed by atoms with van der Waals surface area (Å²) in [5.74, 6) is 0.336. The predicted molar refractivity (Wildman–Crippen MR) is 115 cm³/mol. The maximum atomic E-state index is 12.7. The summed E-state index contributed by atoms with van der Waals surface area (Å²) >= 11 is 2.97. The number of furan rings is 1. The van der Waals surface area contributed by atoms with Gasteiger partial charge in [0.25, 0.3) is 0 Å². The first kappa shape index (κ1) is 20.2. The van der Waals surface area contributed by atoms with Crippen LogP contribution >= 0.6 is 23.1 Å². The van der Waals surface area contributed by atoms with E-state index in [2.05, 4.69) is 15.6 Å². The van der Waals surface area contributed by atoms with Crippen LogP contribution in [0.2, 0.25) is 0 Å². The minimum absolute atomic E-state index is 0.231. The van der Waals surface area contributed by atoms with Gasteiger partial charge in [-0.2, -0.15) is 0 Å². The van der Waals surface area contributed by atoms with Crippen LogP contribution in [-0.4, -0.2) is 29.3 Å². The number of benzene rings is 1. The van der Waals surface area contributed by atoms with Crippen LogP contribution in [0.1, 0.15) is 18.7 Å². The van der Waals surface area contributed by atoms with Crippen molar-refractivity contribution in [3.63, 3.8) is 0 Å². The van der Waals surface area contributed by atoms with Crippen LogP contribution in [0.15, 0.2) is 74.1 Å². The number of esters is 1. The second-order valence-corrected chi connectivity index (χ2v) is 8.39. The standard InChI is InChI=1S/C21H19N3O4S2/c1-2-27-19(25)17-15(22-20(26)24-18(17)16-9-6-10-28-16)12-30-21-23-14(11-29-21)13-7-4-3-5-8-13/h3-11,18H,2,12H2,1H3,(H2,22,24,26). The summed E-state index contributed by atoms with van der Waals surface area (Å²) < 4.78 is 11.5. The molecule has 154 valence electrons. The molecule has 0 radical (unpaired) electrons. The van der Waals surface area contributed by atoms with E-state index >= 15 is 0 Å². The minimum atomic E-state index is -0.709. The molecule has 4 rings (SSSR count). The summed E-state index contributed by atoms with van der Waals surface area (Å²) in [5.41, 5.74) is 2.75. The topological polar surface area (TPSA) is 93.5 Å². The zero-order chi connectivity index (χ0) is 20.9. The Bertz CT molecular complexity index is 1060. The van der Waals surface area contributed by atoms with Gasteiger partial charge in [-0.25, -0.2) is 14.6 Å². The first-order valence-electron chi connectivity index (χ1n) is 9.30. The molecular formula is C21H19N3O4S2. The van der Waals surface area contributed by atoms with Crippen LogP contribution < -0.4 is 10.6 Å². The molecule has 2 aromatic heterocycles. The maximum absolute atomic E-state index is 12.7. The Kier molecular flexibility index (Phi) is 6.20. The Balaban J connectivity index is 1.59. The Morgan fingerprint density at radius 1 is 1.27 bits per heavy atom. The van der Waals surface area contributed by atoms with Crippen molar-refractivity contribution >= 4 is 35.1 Å². The molecule has 0 fully saturated rings. The van der Waals surface area contributed by atoms with Gasteiger partial charge in [-0.05, 0) is 19.1 Å². The first-order chi connectivity index (χ1) is 14.7. The van der Waals surface area contributed by atoms with Gasteiger partial charge in [0.2, 0.25) is 0 Å². The van der Waals surface area contributed by atoms with Crippen LogP contribution in [0, 0.1) is 0 Å². The summed E-state index contributed by atoms with van der Waals surface area (Å²) in [6, 6.07) is 12.2. The molecule has 0 saturated carbocycles. The SMILES string of the molecule is CCOC(=O)C1=C(CSc2nc(-c3ccccc3)cs2)NC(=O)NC1c1ccco1. The number of thiazole rings is 1. The fraction of sp³-hybridized carbons (Fsp3) is 0.190. The molecular weight excluding hydrogens is 422 g/mol. The van der Waals surface area contributed by atoms with E-state index in [0.29, 0.717) is 22.8 Å². The third-order valence-corrected chi connectivity index (χ3v) is 6.42. The van der Waals surface area contributed by atoms with E-state index in [1.54, 1.807) is 19.1 Å². The summed E-state index contributed by atoms with van der Waals surface area (Å²) in [6.07, 6.45) is 1.50. The van der Waals surface area contributed by atoms with Gasteiger partial charge in [0.05, 0.1) is 24.1 Å². The summed E-state index contributed by atoms with van der Waals surface area (Å²) in [6.45, 7) is 1.97. The van der Waals surface area contributed by atoms with Crippen LogP contribution in [0.3, 0.4) is 0 Å². The number of carbonyl (C=O) groups excluding carboxylic acids is 2. The smallest absolute Gasteiger partial charge is 0.338 e. The van der Waals surface area contributed by atoms with E-state index in [9.17, 15) is 9.59 Å². The lowest BCUT2D eigenvalue weighted by molar-refractivity contribution is -0.139. The third kappa shape index (κ3) is 4.42. The van der Waals surface area contributed by atoms with Crippen molar-refractivity contribution in [2.45, 2.75) is 17.3 Å². The number of aromatic nitrogens is 1. The first-order valence-corrected chi connectivity index (χ1v) is 11.2. The molecule has 0 bridgehead atoms. The molecule has 3 heterocycles. The molecule has 2 amide bonds. The molecule has 1 aliphatic rings. The lowest BCUT2D eigenvalue weighted by Crippen LogP contribution is -2.46. The Hall–Kier alpha value is -3.04. The number of thioether (sulfide) groups is 1. The molecule has 9 heteroatoms. The number of ether oxygens (including phenoxy) is 1. The highest BCUT2D eigenvalue weighted by molar-refractivity contribution is 8.01. The summed E-state index contributed by atoms with van der Waals surface area (Å²) in [4.78, 5) is 29.6. The van der Waals surface area contributed by atoms with E-state index < -0.39 is 18.0 Å². The van der Waals surface area contributed by atoms with Gasteiger partial charge in [-0.1, -0.05) is 42.1 Å². The quantitative estimate of drug-likeness (QED) is 0.418. The average Bonchev–Trinajstić information content (AvgIpc) is 3.45. The monoisotopic (exact) mass is 441 g/mol. The molecule has 1 aromatic carbocycles. The van der Waals surface area contributed by atoms with Crippen LogP contribution in [0.5, 0.6) is 0 Å². The Labute approximate surface area is 181 Å². The van der Waals surface area contributed by atoms with Gasteiger partial charge in [-0.3, -0.25) is 0 Å². The second-order valence-electron chi connectivity index (χ2n) is 6.31. The van der Waals surface area contributed by atoms with Gasteiger partial charge >= 0.3 is 12.0 Å². The molecule has 1 atom stereocenters. The van der Waals surface area contributed by atoms with Crippen molar-refractivity contribution in [2.75, 3.05) is 12.4 Å². The Morgan fingerprint density at radius 2 is 2.10 bits per heavy atom. The average molecular weight is 442 g/mol. The van der Waals surface area contributed by atoms with Gasteiger partial charge in [0, 0.05) is 22.4 Å². The fourth-order valence-electron chi connectivity index (χ4n) is 3.05. The molecule has 0 aliphatic carbocycles. The molecule has 1 aliphatic heterocycles. The Morgan fingerprint density at radius 3 is 2.83 bits per heavy atom. The predicted octanol–water partition coefficient (Wildman–Crippen LogP) is 4.37. The maximum Gasteiger partial charge on any atom is 0.338 e.